The lowest BCUT2D eigenvalue weighted by atomic mass is 9.84. The van der Waals surface area contributed by atoms with Crippen molar-refractivity contribution in [1.82, 2.24) is 0 Å². The van der Waals surface area contributed by atoms with Gasteiger partial charge in [0.05, 0.1) is 0 Å². The van der Waals surface area contributed by atoms with Crippen LogP contribution in [0.3, 0.4) is 0 Å². The average Bonchev–Trinajstić information content (AvgIpc) is 2.38. The zero-order valence-corrected chi connectivity index (χ0v) is 13.4. The van der Waals surface area contributed by atoms with Crippen LogP contribution >= 0.6 is 0 Å². The molecule has 19 heavy (non-hydrogen) atoms. The normalized spacial score (nSPS) is 23.6. The van der Waals surface area contributed by atoms with E-state index >= 15 is 0 Å². The van der Waals surface area contributed by atoms with E-state index in [-0.39, 0.29) is 0 Å². The van der Waals surface area contributed by atoms with E-state index in [2.05, 4.69) is 65.0 Å². The molecule has 0 spiro atoms. The van der Waals surface area contributed by atoms with Gasteiger partial charge in [0.2, 0.25) is 0 Å². The van der Waals surface area contributed by atoms with Crippen molar-refractivity contribution in [3.05, 3.63) is 47.1 Å². The van der Waals surface area contributed by atoms with E-state index in [0.717, 1.165) is 5.92 Å². The Bertz CT molecular complexity index is 390. The van der Waals surface area contributed by atoms with Gasteiger partial charge in [0.15, 0.2) is 0 Å². The second kappa shape index (κ2) is 8.19. The lowest BCUT2D eigenvalue weighted by Gasteiger charge is -2.22. The van der Waals surface area contributed by atoms with Crippen molar-refractivity contribution in [1.29, 1.82) is 0 Å². The van der Waals surface area contributed by atoms with Crippen molar-refractivity contribution in [3.63, 3.8) is 0 Å². The van der Waals surface area contributed by atoms with E-state index in [1.807, 2.05) is 0 Å². The monoisotopic (exact) mass is 258 g/mol. The van der Waals surface area contributed by atoms with Gasteiger partial charge >= 0.3 is 0 Å². The molecule has 0 radical (unpaired) electrons. The van der Waals surface area contributed by atoms with E-state index in [9.17, 15) is 0 Å². The highest BCUT2D eigenvalue weighted by atomic mass is 14.2. The smallest absolute Gasteiger partial charge is 0.0191 e. The molecule has 0 heterocycles. The molecule has 1 aliphatic rings. The molecule has 0 nitrogen and oxygen atoms in total. The van der Waals surface area contributed by atoms with Crippen LogP contribution in [0.4, 0.5) is 0 Å². The molecule has 0 aromatic heterocycles. The number of hydrogen-bond donors (Lipinski definition) is 0. The molecule has 0 aromatic carbocycles. The third-order valence-corrected chi connectivity index (χ3v) is 4.18. The standard InChI is InChI=1S/C19H30/c1-6-15(2)9-7-10-16(3)13-14-19-17(4)11-8-12-18(19)5/h7,9-10,13-15,17H,6,8,11-12H2,1-5H3/b9-7+,14-13+,16-10+. The van der Waals surface area contributed by atoms with Gasteiger partial charge in [0.25, 0.3) is 0 Å². The molecular formula is C19H30. The fraction of sp³-hybridized carbons (Fsp3) is 0.579. The predicted molar refractivity (Wildman–Crippen MR) is 87.2 cm³/mol. The summed E-state index contributed by atoms with van der Waals surface area (Å²) in [5.41, 5.74) is 4.47. The molecule has 0 saturated heterocycles. The topological polar surface area (TPSA) is 0 Å². The molecule has 1 rings (SSSR count). The van der Waals surface area contributed by atoms with Gasteiger partial charge in [0, 0.05) is 0 Å². The second-order valence-electron chi connectivity index (χ2n) is 6.04. The van der Waals surface area contributed by atoms with E-state index in [1.165, 1.54) is 31.3 Å². The Morgan fingerprint density at radius 3 is 2.79 bits per heavy atom. The summed E-state index contributed by atoms with van der Waals surface area (Å²) in [5.74, 6) is 1.41. The molecule has 106 valence electrons. The quantitative estimate of drug-likeness (QED) is 0.513. The van der Waals surface area contributed by atoms with Gasteiger partial charge in [-0.1, -0.05) is 68.7 Å². The Labute approximate surface area is 120 Å². The summed E-state index contributed by atoms with van der Waals surface area (Å²) in [6.07, 6.45) is 16.5. The van der Waals surface area contributed by atoms with Crippen molar-refractivity contribution in [2.24, 2.45) is 11.8 Å². The van der Waals surface area contributed by atoms with Crippen LogP contribution in [0.15, 0.2) is 47.1 Å². The van der Waals surface area contributed by atoms with Crippen molar-refractivity contribution in [2.45, 2.75) is 60.3 Å². The highest BCUT2D eigenvalue weighted by Crippen LogP contribution is 2.30. The summed E-state index contributed by atoms with van der Waals surface area (Å²) >= 11 is 0. The third-order valence-electron chi connectivity index (χ3n) is 4.18. The number of rotatable bonds is 5. The van der Waals surface area contributed by atoms with Gasteiger partial charge in [-0.15, -0.1) is 0 Å². The van der Waals surface area contributed by atoms with Crippen molar-refractivity contribution in [3.8, 4) is 0 Å². The Balaban J connectivity index is 2.65. The zero-order chi connectivity index (χ0) is 14.3. The van der Waals surface area contributed by atoms with Crippen LogP contribution < -0.4 is 0 Å². The molecule has 0 amide bonds. The van der Waals surface area contributed by atoms with Crippen molar-refractivity contribution < 1.29 is 0 Å². The maximum Gasteiger partial charge on any atom is -0.0191 e. The first kappa shape index (κ1) is 16.0. The summed E-state index contributed by atoms with van der Waals surface area (Å²) < 4.78 is 0. The summed E-state index contributed by atoms with van der Waals surface area (Å²) in [6, 6.07) is 0. The number of allylic oxidation sites excluding steroid dienone is 8. The van der Waals surface area contributed by atoms with Crippen LogP contribution in [0.2, 0.25) is 0 Å². The van der Waals surface area contributed by atoms with E-state index < -0.39 is 0 Å². The van der Waals surface area contributed by atoms with Crippen LogP contribution in [0, 0.1) is 11.8 Å². The molecule has 2 atom stereocenters. The van der Waals surface area contributed by atoms with Gasteiger partial charge in [-0.3, -0.25) is 0 Å². The van der Waals surface area contributed by atoms with Gasteiger partial charge in [-0.25, -0.2) is 0 Å². The Hall–Kier alpha value is -1.04. The van der Waals surface area contributed by atoms with Gasteiger partial charge in [0.1, 0.15) is 0 Å². The highest BCUT2D eigenvalue weighted by molar-refractivity contribution is 5.34. The molecular weight excluding hydrogens is 228 g/mol. The van der Waals surface area contributed by atoms with E-state index in [0.29, 0.717) is 5.92 Å². The molecule has 0 N–H and O–H groups in total. The molecule has 0 heteroatoms. The molecule has 0 saturated carbocycles. The first-order chi connectivity index (χ1) is 9.04. The van der Waals surface area contributed by atoms with Crippen molar-refractivity contribution in [2.75, 3.05) is 0 Å². The maximum atomic E-state index is 2.35. The minimum atomic E-state index is 0.677. The van der Waals surface area contributed by atoms with Crippen LogP contribution in [-0.4, -0.2) is 0 Å². The van der Waals surface area contributed by atoms with Gasteiger partial charge in [-0.05, 0) is 50.5 Å². The van der Waals surface area contributed by atoms with Gasteiger partial charge in [-0.2, -0.15) is 0 Å². The Kier molecular flexibility index (Phi) is 6.91. The van der Waals surface area contributed by atoms with Crippen LogP contribution in [0.1, 0.15) is 60.3 Å². The summed E-state index contributed by atoms with van der Waals surface area (Å²) in [5, 5.41) is 0. The van der Waals surface area contributed by atoms with Crippen LogP contribution in [-0.2, 0) is 0 Å². The minimum Gasteiger partial charge on any atom is -0.0817 e. The van der Waals surface area contributed by atoms with E-state index in [4.69, 9.17) is 0 Å². The third kappa shape index (κ3) is 5.63. The summed E-state index contributed by atoms with van der Waals surface area (Å²) in [6.45, 7) is 11.3. The average molecular weight is 258 g/mol. The first-order valence-electron chi connectivity index (χ1n) is 7.77. The molecule has 1 aliphatic carbocycles. The molecule has 0 aliphatic heterocycles. The predicted octanol–water partition coefficient (Wildman–Crippen LogP) is 6.23. The largest absolute Gasteiger partial charge is 0.0817 e. The summed E-state index contributed by atoms with van der Waals surface area (Å²) in [4.78, 5) is 0. The fourth-order valence-corrected chi connectivity index (χ4v) is 2.51. The van der Waals surface area contributed by atoms with Gasteiger partial charge < -0.3 is 0 Å². The first-order valence-corrected chi connectivity index (χ1v) is 7.77. The van der Waals surface area contributed by atoms with E-state index in [1.54, 1.807) is 11.1 Å². The summed E-state index contributed by atoms with van der Waals surface area (Å²) in [7, 11) is 0. The number of hydrogen-bond acceptors (Lipinski definition) is 0. The maximum absolute atomic E-state index is 2.35. The molecule has 2 unspecified atom stereocenters. The molecule has 0 aromatic rings. The Morgan fingerprint density at radius 1 is 1.42 bits per heavy atom. The van der Waals surface area contributed by atoms with Crippen LogP contribution in [0.5, 0.6) is 0 Å². The lowest BCUT2D eigenvalue weighted by molar-refractivity contribution is 0.546. The highest BCUT2D eigenvalue weighted by Gasteiger charge is 2.14. The van der Waals surface area contributed by atoms with Crippen LogP contribution in [0.25, 0.3) is 0 Å². The molecule has 0 fully saturated rings. The van der Waals surface area contributed by atoms with Crippen molar-refractivity contribution >= 4 is 0 Å². The lowest BCUT2D eigenvalue weighted by Crippen LogP contribution is -2.06. The fourth-order valence-electron chi connectivity index (χ4n) is 2.51. The molecule has 0 bridgehead atoms. The second-order valence-corrected chi connectivity index (χ2v) is 6.04. The zero-order valence-electron chi connectivity index (χ0n) is 13.4. The minimum absolute atomic E-state index is 0.677. The SMILES string of the molecule is CCC(C)/C=C/C=C(C)/C=C/C1=C(C)CCCC1C. The Morgan fingerprint density at radius 2 is 2.16 bits per heavy atom.